The van der Waals surface area contributed by atoms with Crippen molar-refractivity contribution in [1.82, 2.24) is 19.5 Å². The number of benzene rings is 2. The van der Waals surface area contributed by atoms with Crippen LogP contribution in [0.25, 0.3) is 11.4 Å². The largest absolute Gasteiger partial charge is 0.497 e. The van der Waals surface area contributed by atoms with Crippen molar-refractivity contribution < 1.29 is 17.9 Å². The summed E-state index contributed by atoms with van der Waals surface area (Å²) < 4.78 is 32.1. The maximum atomic E-state index is 12.7. The molecule has 0 radical (unpaired) electrons. The highest BCUT2D eigenvalue weighted by Crippen LogP contribution is 2.23. The number of aromatic amines is 1. The lowest BCUT2D eigenvalue weighted by atomic mass is 10.2. The number of sulfonamides is 1. The molecule has 0 saturated carbocycles. The number of carbonyl (C=O) groups excluding carboxylic acids is 1. The zero-order valence-corrected chi connectivity index (χ0v) is 19.8. The average Bonchev–Trinajstić information content (AvgIpc) is 3.33. The second kappa shape index (κ2) is 10.4. The van der Waals surface area contributed by atoms with Crippen molar-refractivity contribution in [3.63, 3.8) is 0 Å². The van der Waals surface area contributed by atoms with Gasteiger partial charge in [0, 0.05) is 24.3 Å². The van der Waals surface area contributed by atoms with Gasteiger partial charge in [-0.15, -0.1) is 5.10 Å². The Balaban J connectivity index is 1.30. The molecule has 174 valence electrons. The van der Waals surface area contributed by atoms with Crippen LogP contribution in [0, 0.1) is 0 Å². The Labute approximate surface area is 197 Å². The third-order valence-corrected chi connectivity index (χ3v) is 8.01. The van der Waals surface area contributed by atoms with Gasteiger partial charge < -0.3 is 10.1 Å². The number of anilines is 1. The van der Waals surface area contributed by atoms with E-state index in [1.807, 2.05) is 24.3 Å². The second-order valence-corrected chi connectivity index (χ2v) is 10.4. The van der Waals surface area contributed by atoms with Gasteiger partial charge in [-0.05, 0) is 61.4 Å². The topological polar surface area (TPSA) is 117 Å². The molecule has 4 rings (SSSR count). The zero-order valence-electron chi connectivity index (χ0n) is 18.2. The van der Waals surface area contributed by atoms with Crippen LogP contribution in [-0.2, 0) is 14.8 Å². The van der Waals surface area contributed by atoms with Crippen molar-refractivity contribution >= 4 is 33.4 Å². The van der Waals surface area contributed by atoms with E-state index in [-0.39, 0.29) is 16.6 Å². The summed E-state index contributed by atoms with van der Waals surface area (Å²) in [7, 11) is -1.88. The molecule has 0 unspecified atom stereocenters. The molecule has 1 aromatic heterocycles. The fraction of sp³-hybridized carbons (Fsp3) is 0.318. The number of thioether (sulfide) groups is 1. The van der Waals surface area contributed by atoms with Crippen LogP contribution >= 0.6 is 11.8 Å². The Morgan fingerprint density at radius 3 is 2.45 bits per heavy atom. The van der Waals surface area contributed by atoms with Crippen molar-refractivity contribution in [2.75, 3.05) is 31.3 Å². The number of ether oxygens (including phenoxy) is 1. The minimum absolute atomic E-state index is 0.119. The number of aromatic nitrogens is 3. The van der Waals surface area contributed by atoms with Gasteiger partial charge in [-0.3, -0.25) is 9.89 Å². The van der Waals surface area contributed by atoms with Gasteiger partial charge in [-0.1, -0.05) is 18.2 Å². The van der Waals surface area contributed by atoms with E-state index in [1.165, 1.54) is 28.2 Å². The molecule has 1 amide bonds. The van der Waals surface area contributed by atoms with Gasteiger partial charge in [0.2, 0.25) is 21.1 Å². The van der Waals surface area contributed by atoms with Crippen LogP contribution in [0.4, 0.5) is 5.69 Å². The molecule has 1 aliphatic rings. The van der Waals surface area contributed by atoms with Crippen LogP contribution in [0.1, 0.15) is 19.3 Å². The highest BCUT2D eigenvalue weighted by Gasteiger charge is 2.25. The quantitative estimate of drug-likeness (QED) is 0.468. The predicted octanol–water partition coefficient (Wildman–Crippen LogP) is 3.39. The minimum atomic E-state index is -3.49. The number of H-pyrrole nitrogens is 1. The molecule has 3 aromatic rings. The first-order valence-corrected chi connectivity index (χ1v) is 13.0. The Kier molecular flexibility index (Phi) is 7.31. The summed E-state index contributed by atoms with van der Waals surface area (Å²) in [6.45, 7) is 1.11. The molecule has 33 heavy (non-hydrogen) atoms. The molecule has 0 bridgehead atoms. The summed E-state index contributed by atoms with van der Waals surface area (Å²) >= 11 is 1.20. The molecular weight excluding hydrogens is 462 g/mol. The van der Waals surface area contributed by atoms with E-state index in [0.717, 1.165) is 30.6 Å². The lowest BCUT2D eigenvalue weighted by molar-refractivity contribution is -0.113. The number of hydrogen-bond donors (Lipinski definition) is 2. The average molecular weight is 488 g/mol. The van der Waals surface area contributed by atoms with E-state index in [4.69, 9.17) is 4.74 Å². The third-order valence-electron chi connectivity index (χ3n) is 5.25. The number of piperidine rings is 1. The van der Waals surface area contributed by atoms with Gasteiger partial charge in [-0.2, -0.15) is 4.31 Å². The maximum Gasteiger partial charge on any atom is 0.243 e. The molecule has 0 spiro atoms. The zero-order chi connectivity index (χ0) is 23.3. The first kappa shape index (κ1) is 23.3. The minimum Gasteiger partial charge on any atom is -0.497 e. The number of methoxy groups -OCH3 is 1. The standard InChI is InChI=1S/C22H25N5O4S2/c1-31-18-9-5-16(6-10-18)21-24-22(26-25-21)32-15-20(28)23-17-7-11-19(12-8-17)33(29,30)27-13-3-2-4-14-27/h5-12H,2-4,13-15H2,1H3,(H,23,28)(H,24,25,26). The first-order chi connectivity index (χ1) is 16.0. The molecule has 1 aliphatic heterocycles. The van der Waals surface area contributed by atoms with Gasteiger partial charge in [0.05, 0.1) is 17.8 Å². The molecule has 0 atom stereocenters. The summed E-state index contributed by atoms with van der Waals surface area (Å²) in [6.07, 6.45) is 2.83. The van der Waals surface area contributed by atoms with E-state index in [0.29, 0.717) is 29.8 Å². The molecular formula is C22H25N5O4S2. The summed E-state index contributed by atoms with van der Waals surface area (Å²) in [4.78, 5) is 17.0. The molecule has 2 N–H and O–H groups in total. The highest BCUT2D eigenvalue weighted by molar-refractivity contribution is 7.99. The lowest BCUT2D eigenvalue weighted by Gasteiger charge is -2.25. The molecule has 2 aromatic carbocycles. The van der Waals surface area contributed by atoms with Crippen molar-refractivity contribution in [3.05, 3.63) is 48.5 Å². The Hall–Kier alpha value is -2.89. The maximum absolute atomic E-state index is 12.7. The molecule has 1 fully saturated rings. The van der Waals surface area contributed by atoms with Crippen LogP contribution < -0.4 is 10.1 Å². The normalized spacial score (nSPS) is 14.7. The monoisotopic (exact) mass is 487 g/mol. The first-order valence-electron chi connectivity index (χ1n) is 10.6. The Morgan fingerprint density at radius 2 is 1.79 bits per heavy atom. The summed E-state index contributed by atoms with van der Waals surface area (Å²) in [6, 6.07) is 13.7. The van der Waals surface area contributed by atoms with E-state index in [1.54, 1.807) is 19.2 Å². The van der Waals surface area contributed by atoms with Gasteiger partial charge >= 0.3 is 0 Å². The van der Waals surface area contributed by atoms with Crippen LogP contribution in [0.5, 0.6) is 5.75 Å². The number of nitrogens with zero attached hydrogens (tertiary/aromatic N) is 3. The molecule has 0 aliphatic carbocycles. The van der Waals surface area contributed by atoms with Crippen molar-refractivity contribution in [2.24, 2.45) is 0 Å². The number of nitrogens with one attached hydrogen (secondary N) is 2. The Morgan fingerprint density at radius 1 is 1.09 bits per heavy atom. The van der Waals surface area contributed by atoms with Gasteiger partial charge in [0.15, 0.2) is 5.82 Å². The number of amides is 1. The summed E-state index contributed by atoms with van der Waals surface area (Å²) in [5, 5.41) is 10.2. The SMILES string of the molecule is COc1ccc(-c2nc(SCC(=O)Nc3ccc(S(=O)(=O)N4CCCCC4)cc3)n[nH]2)cc1. The second-order valence-electron chi connectivity index (χ2n) is 7.52. The van der Waals surface area contributed by atoms with Crippen LogP contribution in [0.15, 0.2) is 58.6 Å². The third kappa shape index (κ3) is 5.73. The summed E-state index contributed by atoms with van der Waals surface area (Å²) in [5.74, 6) is 1.24. The van der Waals surface area contributed by atoms with Gasteiger partial charge in [-0.25, -0.2) is 13.4 Å². The number of carbonyl (C=O) groups is 1. The molecule has 11 heteroatoms. The van der Waals surface area contributed by atoms with Crippen LogP contribution in [-0.4, -0.2) is 59.8 Å². The fourth-order valence-corrected chi connectivity index (χ4v) is 5.60. The highest BCUT2D eigenvalue weighted by atomic mass is 32.2. The van der Waals surface area contributed by atoms with E-state index in [2.05, 4.69) is 20.5 Å². The van der Waals surface area contributed by atoms with Gasteiger partial charge in [0.1, 0.15) is 5.75 Å². The molecule has 9 nitrogen and oxygen atoms in total. The van der Waals surface area contributed by atoms with E-state index < -0.39 is 10.0 Å². The van der Waals surface area contributed by atoms with Gasteiger partial charge in [0.25, 0.3) is 0 Å². The smallest absolute Gasteiger partial charge is 0.243 e. The number of hydrogen-bond acceptors (Lipinski definition) is 7. The van der Waals surface area contributed by atoms with Crippen LogP contribution in [0.3, 0.4) is 0 Å². The van der Waals surface area contributed by atoms with Crippen molar-refractivity contribution in [3.8, 4) is 17.1 Å². The molecule has 2 heterocycles. The predicted molar refractivity (Wildman–Crippen MR) is 127 cm³/mol. The van der Waals surface area contributed by atoms with Crippen molar-refractivity contribution in [1.29, 1.82) is 0 Å². The van der Waals surface area contributed by atoms with E-state index in [9.17, 15) is 13.2 Å². The lowest BCUT2D eigenvalue weighted by Crippen LogP contribution is -2.35. The molecule has 1 saturated heterocycles. The summed E-state index contributed by atoms with van der Waals surface area (Å²) in [5.41, 5.74) is 1.39. The Bertz CT molecular complexity index is 1190. The van der Waals surface area contributed by atoms with E-state index >= 15 is 0 Å². The van der Waals surface area contributed by atoms with Crippen molar-refractivity contribution in [2.45, 2.75) is 29.3 Å². The fourth-order valence-electron chi connectivity index (χ4n) is 3.48. The van der Waals surface area contributed by atoms with Crippen LogP contribution in [0.2, 0.25) is 0 Å². The number of rotatable bonds is 8.